The van der Waals surface area contributed by atoms with E-state index in [0.29, 0.717) is 19.5 Å². The van der Waals surface area contributed by atoms with Crippen LogP contribution in [0.2, 0.25) is 5.02 Å². The lowest BCUT2D eigenvalue weighted by Gasteiger charge is -2.37. The van der Waals surface area contributed by atoms with Gasteiger partial charge in [-0.1, -0.05) is 17.7 Å². The smallest absolute Gasteiger partial charge is 0.288 e. The Hall–Kier alpha value is -1.17. The third-order valence-electron chi connectivity index (χ3n) is 2.65. The van der Waals surface area contributed by atoms with Crippen molar-refractivity contribution in [1.82, 2.24) is 5.32 Å². The summed E-state index contributed by atoms with van der Waals surface area (Å²) in [6.45, 7) is 1.03. The molecule has 0 aliphatic carbocycles. The molecule has 1 fully saturated rings. The van der Waals surface area contributed by atoms with Gasteiger partial charge in [0, 0.05) is 25.6 Å². The molecule has 5 nitrogen and oxygen atoms in total. The minimum Gasteiger partial charge on any atom is -0.387 e. The van der Waals surface area contributed by atoms with Crippen LogP contribution in [0.5, 0.6) is 0 Å². The molecule has 86 valence electrons. The molecule has 1 aromatic carbocycles. The number of rotatable bonds is 3. The van der Waals surface area contributed by atoms with Crippen molar-refractivity contribution in [2.24, 2.45) is 0 Å². The normalized spacial score (nSPS) is 17.9. The van der Waals surface area contributed by atoms with Crippen molar-refractivity contribution in [3.05, 3.63) is 38.9 Å². The molecule has 0 bridgehead atoms. The first-order valence-electron chi connectivity index (χ1n) is 4.86. The minimum atomic E-state index is -0.776. The molecule has 1 aliphatic rings. The summed E-state index contributed by atoms with van der Waals surface area (Å²) < 4.78 is 0. The monoisotopic (exact) mass is 242 g/mol. The summed E-state index contributed by atoms with van der Waals surface area (Å²) in [6.07, 6.45) is 0.401. The highest BCUT2D eigenvalue weighted by Crippen LogP contribution is 2.27. The summed E-state index contributed by atoms with van der Waals surface area (Å²) in [5.41, 5.74) is -0.169. The lowest BCUT2D eigenvalue weighted by atomic mass is 9.89. The molecule has 0 radical (unpaired) electrons. The van der Waals surface area contributed by atoms with Gasteiger partial charge in [0.2, 0.25) is 0 Å². The molecule has 0 atom stereocenters. The van der Waals surface area contributed by atoms with Gasteiger partial charge in [0.05, 0.1) is 10.5 Å². The van der Waals surface area contributed by atoms with Gasteiger partial charge in [-0.05, 0) is 11.6 Å². The molecule has 0 spiro atoms. The van der Waals surface area contributed by atoms with Crippen LogP contribution in [0.3, 0.4) is 0 Å². The van der Waals surface area contributed by atoms with Crippen molar-refractivity contribution in [1.29, 1.82) is 0 Å². The second kappa shape index (κ2) is 4.01. The SMILES string of the molecule is O=[N+]([O-])c1cc(CC2(O)CNC2)ccc1Cl. The Bertz CT molecular complexity index is 432. The Morgan fingerprint density at radius 1 is 1.56 bits per heavy atom. The van der Waals surface area contributed by atoms with Gasteiger partial charge in [-0.25, -0.2) is 0 Å². The van der Waals surface area contributed by atoms with Crippen LogP contribution in [-0.2, 0) is 6.42 Å². The highest BCUT2D eigenvalue weighted by molar-refractivity contribution is 6.32. The first-order valence-corrected chi connectivity index (χ1v) is 5.24. The molecule has 0 aromatic heterocycles. The topological polar surface area (TPSA) is 75.4 Å². The van der Waals surface area contributed by atoms with Crippen LogP contribution >= 0.6 is 11.6 Å². The number of nitro benzene ring substituents is 1. The number of halogens is 1. The average molecular weight is 243 g/mol. The molecular formula is C10H11ClN2O3. The Morgan fingerprint density at radius 3 is 2.75 bits per heavy atom. The number of nitrogens with zero attached hydrogens (tertiary/aromatic N) is 1. The number of nitro groups is 1. The van der Waals surface area contributed by atoms with Crippen molar-refractivity contribution in [3.8, 4) is 0 Å². The van der Waals surface area contributed by atoms with Crippen molar-refractivity contribution in [2.45, 2.75) is 12.0 Å². The van der Waals surface area contributed by atoms with Gasteiger partial charge < -0.3 is 10.4 Å². The molecule has 0 amide bonds. The maximum atomic E-state index is 10.7. The van der Waals surface area contributed by atoms with E-state index in [-0.39, 0.29) is 10.7 Å². The molecular weight excluding hydrogens is 232 g/mol. The Morgan fingerprint density at radius 2 is 2.25 bits per heavy atom. The minimum absolute atomic E-state index is 0.116. The van der Waals surface area contributed by atoms with Gasteiger partial charge in [0.25, 0.3) is 5.69 Å². The summed E-state index contributed by atoms with van der Waals surface area (Å²) in [6, 6.07) is 4.61. The maximum Gasteiger partial charge on any atom is 0.288 e. The lowest BCUT2D eigenvalue weighted by Crippen LogP contribution is -2.60. The fraction of sp³-hybridized carbons (Fsp3) is 0.400. The molecule has 2 rings (SSSR count). The predicted molar refractivity (Wildman–Crippen MR) is 59.6 cm³/mol. The molecule has 0 saturated carbocycles. The molecule has 16 heavy (non-hydrogen) atoms. The van der Waals surface area contributed by atoms with Gasteiger partial charge in [-0.3, -0.25) is 10.1 Å². The summed E-state index contributed by atoms with van der Waals surface area (Å²) in [7, 11) is 0. The molecule has 1 aliphatic heterocycles. The van der Waals surface area contributed by atoms with E-state index in [9.17, 15) is 15.2 Å². The fourth-order valence-electron chi connectivity index (χ4n) is 1.73. The van der Waals surface area contributed by atoms with Crippen LogP contribution in [0.1, 0.15) is 5.56 Å². The molecule has 6 heteroatoms. The number of hydrogen-bond donors (Lipinski definition) is 2. The van der Waals surface area contributed by atoms with E-state index in [1.807, 2.05) is 0 Å². The van der Waals surface area contributed by atoms with Crippen molar-refractivity contribution >= 4 is 17.3 Å². The van der Waals surface area contributed by atoms with Crippen molar-refractivity contribution < 1.29 is 10.0 Å². The first kappa shape index (κ1) is 11.3. The van der Waals surface area contributed by atoms with Crippen molar-refractivity contribution in [3.63, 3.8) is 0 Å². The predicted octanol–water partition coefficient (Wildman–Crippen LogP) is 1.12. The van der Waals surface area contributed by atoms with Crippen LogP contribution in [0.15, 0.2) is 18.2 Å². The lowest BCUT2D eigenvalue weighted by molar-refractivity contribution is -0.384. The molecule has 1 heterocycles. The van der Waals surface area contributed by atoms with Crippen LogP contribution in [0.4, 0.5) is 5.69 Å². The number of β-amino-alcohol motifs (C(OH)–C–C–N with tert-alkyl or cyclic N) is 1. The second-order valence-electron chi connectivity index (χ2n) is 4.05. The van der Waals surface area contributed by atoms with Gasteiger partial charge in [-0.15, -0.1) is 0 Å². The zero-order valence-corrected chi connectivity index (χ0v) is 9.20. The zero-order chi connectivity index (χ0) is 11.8. The number of nitrogens with one attached hydrogen (secondary N) is 1. The third-order valence-corrected chi connectivity index (χ3v) is 2.97. The van der Waals surface area contributed by atoms with E-state index in [0.717, 1.165) is 5.56 Å². The fourth-order valence-corrected chi connectivity index (χ4v) is 1.91. The highest BCUT2D eigenvalue weighted by Gasteiger charge is 2.34. The van der Waals surface area contributed by atoms with E-state index >= 15 is 0 Å². The van der Waals surface area contributed by atoms with E-state index in [2.05, 4.69) is 5.32 Å². The van der Waals surface area contributed by atoms with Crippen LogP contribution in [0.25, 0.3) is 0 Å². The summed E-state index contributed by atoms with van der Waals surface area (Å²) in [5, 5.41) is 23.6. The van der Waals surface area contributed by atoms with Gasteiger partial charge >= 0.3 is 0 Å². The number of aliphatic hydroxyl groups is 1. The highest BCUT2D eigenvalue weighted by atomic mass is 35.5. The van der Waals surface area contributed by atoms with E-state index in [1.165, 1.54) is 12.1 Å². The molecule has 1 saturated heterocycles. The van der Waals surface area contributed by atoms with Crippen LogP contribution in [-0.4, -0.2) is 28.7 Å². The van der Waals surface area contributed by atoms with Crippen molar-refractivity contribution in [2.75, 3.05) is 13.1 Å². The third kappa shape index (κ3) is 2.16. The quantitative estimate of drug-likeness (QED) is 0.615. The first-order chi connectivity index (χ1) is 7.50. The number of hydrogen-bond acceptors (Lipinski definition) is 4. The largest absolute Gasteiger partial charge is 0.387 e. The Balaban J connectivity index is 2.22. The van der Waals surface area contributed by atoms with E-state index < -0.39 is 10.5 Å². The van der Waals surface area contributed by atoms with Gasteiger partial charge in [-0.2, -0.15) is 0 Å². The Kier molecular flexibility index (Phi) is 2.84. The average Bonchev–Trinajstić information content (AvgIpc) is 2.18. The zero-order valence-electron chi connectivity index (χ0n) is 8.44. The molecule has 2 N–H and O–H groups in total. The van der Waals surface area contributed by atoms with Crippen LogP contribution in [0, 0.1) is 10.1 Å². The second-order valence-corrected chi connectivity index (χ2v) is 4.45. The maximum absolute atomic E-state index is 10.7. The summed E-state index contributed by atoms with van der Waals surface area (Å²) >= 11 is 5.69. The standard InChI is InChI=1S/C10H11ClN2O3/c11-8-2-1-7(3-9(8)13(15)16)4-10(14)5-12-6-10/h1-3,12,14H,4-6H2. The Labute approximate surface area is 97.2 Å². The van der Waals surface area contributed by atoms with E-state index in [4.69, 9.17) is 11.6 Å². The molecule has 0 unspecified atom stereocenters. The summed E-state index contributed by atoms with van der Waals surface area (Å²) in [4.78, 5) is 10.2. The molecule has 1 aromatic rings. The van der Waals surface area contributed by atoms with E-state index in [1.54, 1.807) is 6.07 Å². The van der Waals surface area contributed by atoms with Gasteiger partial charge in [0.1, 0.15) is 5.02 Å². The summed E-state index contributed by atoms with van der Waals surface area (Å²) in [5.74, 6) is 0. The van der Waals surface area contributed by atoms with Gasteiger partial charge in [0.15, 0.2) is 0 Å². The number of benzene rings is 1. The van der Waals surface area contributed by atoms with Crippen LogP contribution < -0.4 is 5.32 Å².